The molecule has 0 atom stereocenters. The van der Waals surface area contributed by atoms with Crippen molar-refractivity contribution in [1.29, 1.82) is 0 Å². The number of nitrogens with zero attached hydrogens (tertiary/aromatic N) is 2. The number of rotatable bonds is 7. The van der Waals surface area contributed by atoms with Crippen LogP contribution in [0.5, 0.6) is 0 Å². The summed E-state index contributed by atoms with van der Waals surface area (Å²) < 4.78 is 0. The maximum Gasteiger partial charge on any atom is 0.251 e. The lowest BCUT2D eigenvalue weighted by Crippen LogP contribution is -2.23. The van der Waals surface area contributed by atoms with Crippen LogP contribution in [0.1, 0.15) is 27.3 Å². The first-order valence-electron chi connectivity index (χ1n) is 8.85. The first-order chi connectivity index (χ1) is 13.9. The Bertz CT molecular complexity index is 1020. The minimum absolute atomic E-state index is 0.133. The summed E-state index contributed by atoms with van der Waals surface area (Å²) >= 11 is 7.04. The van der Waals surface area contributed by atoms with Crippen molar-refractivity contribution in [3.05, 3.63) is 70.0 Å². The van der Waals surface area contributed by atoms with Gasteiger partial charge in [-0.05, 0) is 55.3 Å². The minimum Gasteiger partial charge on any atom is -0.345 e. The molecule has 2 aromatic carbocycles. The highest BCUT2D eigenvalue weighted by atomic mass is 35.5. The molecule has 2 amide bonds. The number of halogens is 1. The third-order valence-electron chi connectivity index (χ3n) is 4.03. The standard InChI is InChI=1S/C20H20ClN5O2S/c1-12-3-4-13(2)16(9-12)23-18(27)11-29-20-24-17(25-26-20)10-22-19(28)14-5-7-15(21)8-6-14/h3-9H,10-11H2,1-2H3,(H,22,28)(H,23,27)(H,24,25,26). The molecule has 0 aliphatic rings. The molecule has 9 heteroatoms. The summed E-state index contributed by atoms with van der Waals surface area (Å²) in [5, 5.41) is 13.5. The zero-order valence-electron chi connectivity index (χ0n) is 16.0. The molecule has 3 aromatic rings. The van der Waals surface area contributed by atoms with Crippen molar-refractivity contribution in [3.8, 4) is 0 Å². The number of thioether (sulfide) groups is 1. The van der Waals surface area contributed by atoms with E-state index in [0.717, 1.165) is 16.8 Å². The zero-order chi connectivity index (χ0) is 20.8. The van der Waals surface area contributed by atoms with Crippen LogP contribution in [-0.2, 0) is 11.3 Å². The molecule has 3 rings (SSSR count). The van der Waals surface area contributed by atoms with Gasteiger partial charge in [0.05, 0.1) is 12.3 Å². The third-order valence-corrected chi connectivity index (χ3v) is 5.13. The van der Waals surface area contributed by atoms with Crippen LogP contribution in [0.15, 0.2) is 47.6 Å². The zero-order valence-corrected chi connectivity index (χ0v) is 17.5. The average molecular weight is 430 g/mol. The molecule has 0 saturated carbocycles. The predicted molar refractivity (Wildman–Crippen MR) is 114 cm³/mol. The van der Waals surface area contributed by atoms with Gasteiger partial charge in [0.1, 0.15) is 5.82 Å². The second kappa shape index (κ2) is 9.58. The summed E-state index contributed by atoms with van der Waals surface area (Å²) in [4.78, 5) is 28.6. The van der Waals surface area contributed by atoms with Gasteiger partial charge in [0.15, 0.2) is 0 Å². The highest BCUT2D eigenvalue weighted by molar-refractivity contribution is 7.99. The van der Waals surface area contributed by atoms with Crippen molar-refractivity contribution in [2.24, 2.45) is 0 Å². The highest BCUT2D eigenvalue weighted by Crippen LogP contribution is 2.18. The number of aryl methyl sites for hydroxylation is 2. The van der Waals surface area contributed by atoms with E-state index in [2.05, 4.69) is 25.8 Å². The van der Waals surface area contributed by atoms with E-state index in [0.29, 0.717) is 21.6 Å². The topological polar surface area (TPSA) is 99.8 Å². The van der Waals surface area contributed by atoms with Crippen LogP contribution in [-0.4, -0.2) is 32.7 Å². The Hall–Kier alpha value is -2.84. The van der Waals surface area contributed by atoms with E-state index in [-0.39, 0.29) is 24.1 Å². The number of nitrogens with one attached hydrogen (secondary N) is 3. The molecule has 0 unspecified atom stereocenters. The van der Waals surface area contributed by atoms with Crippen LogP contribution in [0.4, 0.5) is 5.69 Å². The molecule has 0 spiro atoms. The Kier molecular flexibility index (Phi) is 6.90. The first kappa shape index (κ1) is 20.9. The van der Waals surface area contributed by atoms with Crippen LogP contribution >= 0.6 is 23.4 Å². The monoisotopic (exact) mass is 429 g/mol. The summed E-state index contributed by atoms with van der Waals surface area (Å²) in [5.74, 6) is 0.318. The lowest BCUT2D eigenvalue weighted by Gasteiger charge is -2.08. The second-order valence-electron chi connectivity index (χ2n) is 6.41. The molecule has 0 aliphatic heterocycles. The molecule has 0 radical (unpaired) electrons. The number of H-pyrrole nitrogens is 1. The maximum atomic E-state index is 12.2. The summed E-state index contributed by atoms with van der Waals surface area (Å²) in [6.45, 7) is 4.12. The van der Waals surface area contributed by atoms with Crippen LogP contribution in [0.3, 0.4) is 0 Å². The number of carbonyl (C=O) groups excluding carboxylic acids is 2. The van der Waals surface area contributed by atoms with E-state index < -0.39 is 0 Å². The van der Waals surface area contributed by atoms with E-state index in [4.69, 9.17) is 11.6 Å². The van der Waals surface area contributed by atoms with Gasteiger partial charge in [0.2, 0.25) is 11.1 Å². The van der Waals surface area contributed by atoms with Crippen molar-refractivity contribution in [2.75, 3.05) is 11.1 Å². The quantitative estimate of drug-likeness (QED) is 0.497. The van der Waals surface area contributed by atoms with Gasteiger partial charge in [0, 0.05) is 16.3 Å². The molecule has 3 N–H and O–H groups in total. The van der Waals surface area contributed by atoms with Gasteiger partial charge in [-0.2, -0.15) is 0 Å². The molecule has 150 valence electrons. The molecule has 0 aliphatic carbocycles. The Morgan fingerprint density at radius 2 is 1.90 bits per heavy atom. The number of aromatic nitrogens is 3. The highest BCUT2D eigenvalue weighted by Gasteiger charge is 2.11. The summed E-state index contributed by atoms with van der Waals surface area (Å²) in [7, 11) is 0. The molecular weight excluding hydrogens is 410 g/mol. The fraction of sp³-hybridized carbons (Fsp3) is 0.200. The van der Waals surface area contributed by atoms with Crippen molar-refractivity contribution in [3.63, 3.8) is 0 Å². The minimum atomic E-state index is -0.236. The van der Waals surface area contributed by atoms with E-state index in [9.17, 15) is 9.59 Å². The van der Waals surface area contributed by atoms with Gasteiger partial charge in [-0.25, -0.2) is 4.98 Å². The van der Waals surface area contributed by atoms with Gasteiger partial charge < -0.3 is 10.6 Å². The summed E-state index contributed by atoms with van der Waals surface area (Å²) in [5.41, 5.74) is 3.39. The van der Waals surface area contributed by atoms with Crippen molar-refractivity contribution < 1.29 is 9.59 Å². The number of carbonyl (C=O) groups is 2. The van der Waals surface area contributed by atoms with Gasteiger partial charge in [-0.3, -0.25) is 14.7 Å². The number of hydrogen-bond donors (Lipinski definition) is 3. The fourth-order valence-electron chi connectivity index (χ4n) is 2.48. The SMILES string of the molecule is Cc1ccc(C)c(NC(=O)CSc2n[nH]c(CNC(=O)c3ccc(Cl)cc3)n2)c1. The molecule has 1 heterocycles. The number of aromatic amines is 1. The Balaban J connectivity index is 1.47. The van der Waals surface area contributed by atoms with E-state index in [1.54, 1.807) is 24.3 Å². The lowest BCUT2D eigenvalue weighted by molar-refractivity contribution is -0.113. The Labute approximate surface area is 177 Å². The van der Waals surface area contributed by atoms with E-state index in [1.807, 2.05) is 32.0 Å². The first-order valence-corrected chi connectivity index (χ1v) is 10.2. The summed E-state index contributed by atoms with van der Waals surface area (Å²) in [6, 6.07) is 12.5. The van der Waals surface area contributed by atoms with Crippen molar-refractivity contribution in [2.45, 2.75) is 25.5 Å². The average Bonchev–Trinajstić information content (AvgIpc) is 3.16. The molecular formula is C20H20ClN5O2S. The number of hydrogen-bond acceptors (Lipinski definition) is 5. The lowest BCUT2D eigenvalue weighted by atomic mass is 10.1. The van der Waals surface area contributed by atoms with Crippen LogP contribution in [0.2, 0.25) is 5.02 Å². The van der Waals surface area contributed by atoms with Gasteiger partial charge in [0.25, 0.3) is 5.91 Å². The second-order valence-corrected chi connectivity index (χ2v) is 7.79. The Morgan fingerprint density at radius 1 is 1.14 bits per heavy atom. The van der Waals surface area contributed by atoms with Crippen molar-refractivity contribution >= 4 is 40.9 Å². The number of amides is 2. The summed E-state index contributed by atoms with van der Waals surface area (Å²) in [6.07, 6.45) is 0. The van der Waals surface area contributed by atoms with E-state index in [1.165, 1.54) is 11.8 Å². The van der Waals surface area contributed by atoms with Gasteiger partial charge in [-0.1, -0.05) is 35.5 Å². The van der Waals surface area contributed by atoms with E-state index >= 15 is 0 Å². The van der Waals surface area contributed by atoms with Crippen molar-refractivity contribution in [1.82, 2.24) is 20.5 Å². The molecule has 0 fully saturated rings. The molecule has 7 nitrogen and oxygen atoms in total. The van der Waals surface area contributed by atoms with Crippen LogP contribution in [0.25, 0.3) is 0 Å². The van der Waals surface area contributed by atoms with Gasteiger partial charge >= 0.3 is 0 Å². The third kappa shape index (κ3) is 6.07. The molecule has 1 aromatic heterocycles. The molecule has 0 bridgehead atoms. The predicted octanol–water partition coefficient (Wildman–Crippen LogP) is 3.74. The molecule has 29 heavy (non-hydrogen) atoms. The Morgan fingerprint density at radius 3 is 2.66 bits per heavy atom. The van der Waals surface area contributed by atoms with Crippen LogP contribution in [0, 0.1) is 13.8 Å². The number of anilines is 1. The normalized spacial score (nSPS) is 10.6. The fourth-order valence-corrected chi connectivity index (χ4v) is 3.22. The number of benzene rings is 2. The molecule has 0 saturated heterocycles. The maximum absolute atomic E-state index is 12.2. The van der Waals surface area contributed by atoms with Gasteiger partial charge in [-0.15, -0.1) is 5.10 Å². The smallest absolute Gasteiger partial charge is 0.251 e. The van der Waals surface area contributed by atoms with Crippen LogP contribution < -0.4 is 10.6 Å². The largest absolute Gasteiger partial charge is 0.345 e.